The van der Waals surface area contributed by atoms with Gasteiger partial charge >= 0.3 is 5.97 Å². The summed E-state index contributed by atoms with van der Waals surface area (Å²) < 4.78 is 0. The molecular formula is C6H12NO2. The third kappa shape index (κ3) is 7.43. The summed E-state index contributed by atoms with van der Waals surface area (Å²) in [5.74, 6) is -0.987. The quantitative estimate of drug-likeness (QED) is 0.545. The highest BCUT2D eigenvalue weighted by atomic mass is 16.4. The lowest BCUT2D eigenvalue weighted by Gasteiger charge is -1.96. The van der Waals surface area contributed by atoms with Crippen molar-refractivity contribution in [3.05, 3.63) is 0 Å². The van der Waals surface area contributed by atoms with Gasteiger partial charge in [0.05, 0.1) is 6.42 Å². The van der Waals surface area contributed by atoms with Crippen molar-refractivity contribution >= 4 is 5.97 Å². The molecule has 0 aromatic carbocycles. The van der Waals surface area contributed by atoms with E-state index in [-0.39, 0.29) is 6.42 Å². The molecule has 3 nitrogen and oxygen atoms in total. The number of rotatable bonds is 5. The van der Waals surface area contributed by atoms with Gasteiger partial charge in [-0.25, -0.2) is 9.90 Å². The van der Waals surface area contributed by atoms with Gasteiger partial charge in [-0.3, -0.25) is 0 Å². The van der Waals surface area contributed by atoms with E-state index in [0.717, 1.165) is 13.0 Å². The Morgan fingerprint density at radius 2 is 2.11 bits per heavy atom. The van der Waals surface area contributed by atoms with Crippen molar-refractivity contribution in [2.75, 3.05) is 13.1 Å². The lowest BCUT2D eigenvalue weighted by molar-refractivity contribution is -0.142. The fraction of sp³-hybridized carbons (Fsp3) is 0.833. The monoisotopic (exact) mass is 130 g/mol. The van der Waals surface area contributed by atoms with E-state index >= 15 is 0 Å². The second-order valence-electron chi connectivity index (χ2n) is 1.87. The first kappa shape index (κ1) is 8.43. The largest absolute Gasteiger partial charge is 0.356 e. The molecule has 3 heteroatoms. The van der Waals surface area contributed by atoms with E-state index in [1.54, 1.807) is 0 Å². The molecule has 0 aromatic heterocycles. The predicted octanol–water partition coefficient (Wildman–Crippen LogP) is 0.333. The Balaban J connectivity index is 2.83. The lowest BCUT2D eigenvalue weighted by Crippen LogP contribution is -2.18. The molecule has 0 amide bonds. The first-order valence-corrected chi connectivity index (χ1v) is 3.18. The van der Waals surface area contributed by atoms with Crippen LogP contribution in [-0.4, -0.2) is 19.1 Å². The van der Waals surface area contributed by atoms with E-state index < -0.39 is 5.97 Å². The molecule has 9 heavy (non-hydrogen) atoms. The normalized spacial score (nSPS) is 9.44. The van der Waals surface area contributed by atoms with Crippen molar-refractivity contribution in [3.63, 3.8) is 0 Å². The summed E-state index contributed by atoms with van der Waals surface area (Å²) in [5.41, 5.74) is 0. The molecule has 0 rings (SSSR count). The molecule has 1 radical (unpaired) electrons. The third-order valence-corrected chi connectivity index (χ3v) is 0.933. The Bertz CT molecular complexity index is 83.1. The molecule has 0 aliphatic rings. The van der Waals surface area contributed by atoms with Crippen molar-refractivity contribution in [3.8, 4) is 0 Å². The van der Waals surface area contributed by atoms with Crippen LogP contribution in [0.5, 0.6) is 0 Å². The van der Waals surface area contributed by atoms with Crippen LogP contribution in [0, 0.1) is 0 Å². The Kier molecular flexibility index (Phi) is 5.21. The lowest BCUT2D eigenvalue weighted by atomic mass is 10.4. The Morgan fingerprint density at radius 3 is 2.56 bits per heavy atom. The summed E-state index contributed by atoms with van der Waals surface area (Å²) in [6.45, 7) is 3.44. The average Bonchev–Trinajstić information content (AvgIpc) is 1.80. The van der Waals surface area contributed by atoms with Crippen LogP contribution >= 0.6 is 0 Å². The van der Waals surface area contributed by atoms with E-state index in [2.05, 4.69) is 5.32 Å². The van der Waals surface area contributed by atoms with Crippen LogP contribution in [0.4, 0.5) is 0 Å². The van der Waals surface area contributed by atoms with E-state index in [4.69, 9.17) is 0 Å². The number of nitrogens with one attached hydrogen (secondary N) is 1. The topological polar surface area (TPSA) is 49.0 Å². The van der Waals surface area contributed by atoms with Crippen molar-refractivity contribution in [2.45, 2.75) is 19.8 Å². The van der Waals surface area contributed by atoms with E-state index in [0.29, 0.717) is 6.54 Å². The summed E-state index contributed by atoms with van der Waals surface area (Å²) >= 11 is 0. The van der Waals surface area contributed by atoms with Gasteiger partial charge in [-0.05, 0) is 13.0 Å². The van der Waals surface area contributed by atoms with E-state index in [1.807, 2.05) is 6.92 Å². The maximum Gasteiger partial charge on any atom is 0.356 e. The first-order valence-electron chi connectivity index (χ1n) is 3.18. The SMILES string of the molecule is CCCNCCC([O])=O. The fourth-order valence-corrected chi connectivity index (χ4v) is 0.492. The average molecular weight is 130 g/mol. The van der Waals surface area contributed by atoms with Gasteiger partial charge in [0.1, 0.15) is 0 Å². The minimum atomic E-state index is -0.987. The van der Waals surface area contributed by atoms with Gasteiger partial charge in [0.2, 0.25) is 0 Å². The Hall–Kier alpha value is -0.570. The van der Waals surface area contributed by atoms with E-state index in [9.17, 15) is 9.90 Å². The Morgan fingerprint density at radius 1 is 1.44 bits per heavy atom. The molecule has 0 unspecified atom stereocenters. The van der Waals surface area contributed by atoms with Gasteiger partial charge < -0.3 is 5.32 Å². The van der Waals surface area contributed by atoms with Crippen molar-refractivity contribution < 1.29 is 9.90 Å². The van der Waals surface area contributed by atoms with Crippen LogP contribution in [0.3, 0.4) is 0 Å². The van der Waals surface area contributed by atoms with Crippen LogP contribution in [0.2, 0.25) is 0 Å². The molecule has 0 aliphatic heterocycles. The van der Waals surface area contributed by atoms with Crippen LogP contribution in [0.15, 0.2) is 0 Å². The zero-order chi connectivity index (χ0) is 7.11. The number of hydrogen-bond donors (Lipinski definition) is 1. The highest BCUT2D eigenvalue weighted by molar-refractivity contribution is 5.66. The van der Waals surface area contributed by atoms with Gasteiger partial charge in [-0.15, -0.1) is 0 Å². The van der Waals surface area contributed by atoms with Crippen LogP contribution < -0.4 is 5.32 Å². The van der Waals surface area contributed by atoms with Gasteiger partial charge in [0.25, 0.3) is 0 Å². The van der Waals surface area contributed by atoms with Crippen LogP contribution in [0.25, 0.3) is 0 Å². The molecule has 0 saturated heterocycles. The van der Waals surface area contributed by atoms with Crippen molar-refractivity contribution in [2.24, 2.45) is 0 Å². The van der Waals surface area contributed by atoms with Gasteiger partial charge in [0.15, 0.2) is 0 Å². The standard InChI is InChI=1S/C6H12NO2/c1-2-4-7-5-3-6(8)9/h7H,2-5H2,1H3. The highest BCUT2D eigenvalue weighted by Gasteiger charge is 1.95. The maximum absolute atomic E-state index is 9.81. The third-order valence-electron chi connectivity index (χ3n) is 0.933. The molecule has 0 saturated carbocycles. The summed E-state index contributed by atoms with van der Waals surface area (Å²) in [7, 11) is 0. The molecule has 0 atom stereocenters. The summed E-state index contributed by atoms with van der Waals surface area (Å²) in [6, 6.07) is 0. The molecule has 0 aliphatic carbocycles. The number of carbonyl (C=O) groups is 1. The molecule has 0 heterocycles. The second-order valence-corrected chi connectivity index (χ2v) is 1.87. The van der Waals surface area contributed by atoms with Crippen LogP contribution in [0.1, 0.15) is 19.8 Å². The zero-order valence-electron chi connectivity index (χ0n) is 5.64. The van der Waals surface area contributed by atoms with Crippen molar-refractivity contribution in [1.29, 1.82) is 0 Å². The summed E-state index contributed by atoms with van der Waals surface area (Å²) in [4.78, 5) is 9.81. The maximum atomic E-state index is 9.81. The second kappa shape index (κ2) is 5.56. The smallest absolute Gasteiger partial charge is 0.316 e. The molecule has 0 aromatic rings. The predicted molar refractivity (Wildman–Crippen MR) is 33.5 cm³/mol. The number of carbonyl (C=O) groups excluding carboxylic acids is 1. The Labute approximate surface area is 55.1 Å². The molecule has 1 N–H and O–H groups in total. The van der Waals surface area contributed by atoms with E-state index in [1.165, 1.54) is 0 Å². The minimum absolute atomic E-state index is 0.111. The molecule has 0 bridgehead atoms. The fourth-order valence-electron chi connectivity index (χ4n) is 0.492. The zero-order valence-corrected chi connectivity index (χ0v) is 5.64. The summed E-state index contributed by atoms with van der Waals surface area (Å²) in [5, 5.41) is 12.8. The van der Waals surface area contributed by atoms with Gasteiger partial charge in [-0.2, -0.15) is 0 Å². The molecule has 0 spiro atoms. The van der Waals surface area contributed by atoms with Gasteiger partial charge in [0, 0.05) is 6.54 Å². The molecule has 0 fully saturated rings. The minimum Gasteiger partial charge on any atom is -0.316 e. The molecular weight excluding hydrogens is 118 g/mol. The molecule has 53 valence electrons. The summed E-state index contributed by atoms with van der Waals surface area (Å²) in [6.07, 6.45) is 1.15. The van der Waals surface area contributed by atoms with Crippen molar-refractivity contribution in [1.82, 2.24) is 5.32 Å². The van der Waals surface area contributed by atoms with Crippen LogP contribution in [-0.2, 0) is 9.90 Å². The number of hydrogen-bond acceptors (Lipinski definition) is 2. The van der Waals surface area contributed by atoms with Gasteiger partial charge in [-0.1, -0.05) is 6.92 Å². The first-order chi connectivity index (χ1) is 4.27. The highest BCUT2D eigenvalue weighted by Crippen LogP contribution is 1.76.